The first kappa shape index (κ1) is 14.4. The maximum absolute atomic E-state index is 9.49. The topological polar surface area (TPSA) is 69.8 Å². The minimum Gasteiger partial charge on any atom is -0.508 e. The Kier molecular flexibility index (Phi) is 4.59. The molecule has 0 aliphatic carbocycles. The van der Waals surface area contributed by atoms with E-state index in [-0.39, 0.29) is 5.75 Å². The molecule has 0 spiro atoms. The van der Waals surface area contributed by atoms with Crippen LogP contribution < -0.4 is 0 Å². The number of phenols is 1. The van der Waals surface area contributed by atoms with Gasteiger partial charge in [0.25, 0.3) is 0 Å². The lowest BCUT2D eigenvalue weighted by Crippen LogP contribution is -2.04. The lowest BCUT2D eigenvalue weighted by Gasteiger charge is -2.10. The van der Waals surface area contributed by atoms with E-state index in [9.17, 15) is 10.4 Å². The van der Waals surface area contributed by atoms with Gasteiger partial charge in [0, 0.05) is 4.90 Å². The summed E-state index contributed by atoms with van der Waals surface area (Å²) in [5.41, 5.74) is 2.43. The second-order valence-electron chi connectivity index (χ2n) is 4.22. The quantitative estimate of drug-likeness (QED) is 0.933. The summed E-state index contributed by atoms with van der Waals surface area (Å²) < 4.78 is 0. The molecule has 1 heterocycles. The molecule has 20 heavy (non-hydrogen) atoms. The van der Waals surface area contributed by atoms with Gasteiger partial charge in [-0.25, -0.2) is 0 Å². The number of aromatic nitrogens is 2. The van der Waals surface area contributed by atoms with E-state index >= 15 is 0 Å². The summed E-state index contributed by atoms with van der Waals surface area (Å²) in [5, 5.41) is 27.9. The van der Waals surface area contributed by atoms with Crippen molar-refractivity contribution in [1.82, 2.24) is 10.2 Å². The predicted octanol–water partition coefficient (Wildman–Crippen LogP) is 3.33. The first-order valence-corrected chi connectivity index (χ1v) is 7.26. The second-order valence-corrected chi connectivity index (χ2v) is 5.29. The number of aromatic hydroxyl groups is 1. The SMILES string of the molecule is CCc1nnc(Sc2cccc(O)c2)c(C#N)c1CC. The first-order chi connectivity index (χ1) is 9.69. The number of phenolic OH excluding ortho intramolecular Hbond substituents is 1. The van der Waals surface area contributed by atoms with Gasteiger partial charge in [-0.3, -0.25) is 0 Å². The fourth-order valence-electron chi connectivity index (χ4n) is 2.00. The maximum Gasteiger partial charge on any atom is 0.142 e. The molecular formula is C15H15N3OS. The highest BCUT2D eigenvalue weighted by Crippen LogP contribution is 2.32. The normalized spacial score (nSPS) is 10.2. The number of hydrogen-bond donors (Lipinski definition) is 1. The van der Waals surface area contributed by atoms with Gasteiger partial charge in [0.2, 0.25) is 0 Å². The Bertz CT molecular complexity index is 665. The zero-order valence-corrected chi connectivity index (χ0v) is 12.2. The summed E-state index contributed by atoms with van der Waals surface area (Å²) in [6.45, 7) is 4.02. The highest BCUT2D eigenvalue weighted by Gasteiger charge is 2.15. The first-order valence-electron chi connectivity index (χ1n) is 6.45. The second kappa shape index (κ2) is 6.40. The Balaban J connectivity index is 2.45. The van der Waals surface area contributed by atoms with Crippen LogP contribution in [0.2, 0.25) is 0 Å². The van der Waals surface area contributed by atoms with Crippen molar-refractivity contribution in [3.8, 4) is 11.8 Å². The van der Waals surface area contributed by atoms with E-state index in [1.165, 1.54) is 11.8 Å². The van der Waals surface area contributed by atoms with Gasteiger partial charge < -0.3 is 5.11 Å². The van der Waals surface area contributed by atoms with Crippen molar-refractivity contribution >= 4 is 11.8 Å². The molecule has 2 rings (SSSR count). The molecule has 0 saturated heterocycles. The number of nitriles is 1. The zero-order valence-electron chi connectivity index (χ0n) is 11.4. The van der Waals surface area contributed by atoms with Gasteiger partial charge in [-0.15, -0.1) is 5.10 Å². The molecule has 0 amide bonds. The number of rotatable bonds is 4. The Morgan fingerprint density at radius 3 is 2.65 bits per heavy atom. The molecule has 5 heteroatoms. The average Bonchev–Trinajstić information content (AvgIpc) is 2.46. The van der Waals surface area contributed by atoms with Crippen LogP contribution in [0, 0.1) is 11.3 Å². The molecule has 2 aromatic rings. The minimum absolute atomic E-state index is 0.197. The fraction of sp³-hybridized carbons (Fsp3) is 0.267. The van der Waals surface area contributed by atoms with Crippen molar-refractivity contribution in [3.05, 3.63) is 41.1 Å². The van der Waals surface area contributed by atoms with Gasteiger partial charge >= 0.3 is 0 Å². The van der Waals surface area contributed by atoms with Crippen molar-refractivity contribution in [2.75, 3.05) is 0 Å². The van der Waals surface area contributed by atoms with Crippen LogP contribution in [0.3, 0.4) is 0 Å². The molecule has 0 radical (unpaired) electrons. The molecule has 1 aromatic carbocycles. The Morgan fingerprint density at radius 1 is 1.25 bits per heavy atom. The molecule has 4 nitrogen and oxygen atoms in total. The van der Waals surface area contributed by atoms with Crippen molar-refractivity contribution in [2.24, 2.45) is 0 Å². The summed E-state index contributed by atoms with van der Waals surface area (Å²) in [6.07, 6.45) is 1.52. The average molecular weight is 285 g/mol. The van der Waals surface area contributed by atoms with E-state index in [2.05, 4.69) is 16.3 Å². The lowest BCUT2D eigenvalue weighted by atomic mass is 10.1. The van der Waals surface area contributed by atoms with Gasteiger partial charge in [-0.05, 0) is 36.6 Å². The van der Waals surface area contributed by atoms with Crippen LogP contribution in [-0.4, -0.2) is 15.3 Å². The fourth-order valence-corrected chi connectivity index (χ4v) is 2.90. The summed E-state index contributed by atoms with van der Waals surface area (Å²) in [4.78, 5) is 0.835. The molecule has 102 valence electrons. The number of nitrogens with zero attached hydrogens (tertiary/aromatic N) is 3. The number of hydrogen-bond acceptors (Lipinski definition) is 5. The third-order valence-corrected chi connectivity index (χ3v) is 3.93. The van der Waals surface area contributed by atoms with Gasteiger partial charge in [0.05, 0.1) is 11.3 Å². The lowest BCUT2D eigenvalue weighted by molar-refractivity contribution is 0.474. The van der Waals surface area contributed by atoms with E-state index in [1.54, 1.807) is 18.2 Å². The van der Waals surface area contributed by atoms with Crippen LogP contribution in [-0.2, 0) is 12.8 Å². The molecule has 0 atom stereocenters. The van der Waals surface area contributed by atoms with Gasteiger partial charge in [0.1, 0.15) is 16.8 Å². The maximum atomic E-state index is 9.49. The van der Waals surface area contributed by atoms with Gasteiger partial charge in [-0.1, -0.05) is 31.7 Å². The van der Waals surface area contributed by atoms with Crippen molar-refractivity contribution < 1.29 is 5.11 Å². The molecule has 0 saturated carbocycles. The molecular weight excluding hydrogens is 270 g/mol. The summed E-state index contributed by atoms with van der Waals surface area (Å²) in [7, 11) is 0. The Morgan fingerprint density at radius 2 is 2.05 bits per heavy atom. The van der Waals surface area contributed by atoms with E-state index < -0.39 is 0 Å². The standard InChI is InChI=1S/C15H15N3OS/c1-3-12-13(9-16)15(18-17-14(12)4-2)20-11-7-5-6-10(19)8-11/h5-8,19H,3-4H2,1-2H3. The van der Waals surface area contributed by atoms with Crippen LogP contribution in [0.4, 0.5) is 0 Å². The van der Waals surface area contributed by atoms with Gasteiger partial charge in [0.15, 0.2) is 0 Å². The largest absolute Gasteiger partial charge is 0.508 e. The molecule has 0 bridgehead atoms. The molecule has 0 unspecified atom stereocenters. The highest BCUT2D eigenvalue weighted by atomic mass is 32.2. The predicted molar refractivity (Wildman–Crippen MR) is 77.7 cm³/mol. The van der Waals surface area contributed by atoms with Crippen molar-refractivity contribution in [3.63, 3.8) is 0 Å². The van der Waals surface area contributed by atoms with Crippen LogP contribution in [0.15, 0.2) is 34.2 Å². The van der Waals surface area contributed by atoms with Gasteiger partial charge in [-0.2, -0.15) is 10.4 Å². The summed E-state index contributed by atoms with van der Waals surface area (Å²) in [5.74, 6) is 0.197. The Labute approximate surface area is 122 Å². The minimum atomic E-state index is 0.197. The van der Waals surface area contributed by atoms with Crippen LogP contribution in [0.1, 0.15) is 30.7 Å². The van der Waals surface area contributed by atoms with Crippen molar-refractivity contribution in [1.29, 1.82) is 5.26 Å². The smallest absolute Gasteiger partial charge is 0.142 e. The monoisotopic (exact) mass is 285 g/mol. The van der Waals surface area contributed by atoms with E-state index in [0.717, 1.165) is 29.0 Å². The Hall–Kier alpha value is -2.06. The third kappa shape index (κ3) is 2.91. The highest BCUT2D eigenvalue weighted by molar-refractivity contribution is 7.99. The summed E-state index contributed by atoms with van der Waals surface area (Å²) in [6, 6.07) is 9.12. The molecule has 0 aliphatic rings. The number of aryl methyl sites for hydroxylation is 1. The van der Waals surface area contributed by atoms with Crippen LogP contribution in [0.5, 0.6) is 5.75 Å². The van der Waals surface area contributed by atoms with E-state index in [4.69, 9.17) is 0 Å². The molecule has 0 aliphatic heterocycles. The molecule has 1 aromatic heterocycles. The van der Waals surface area contributed by atoms with Crippen LogP contribution >= 0.6 is 11.8 Å². The number of benzene rings is 1. The molecule has 0 fully saturated rings. The third-order valence-electron chi connectivity index (χ3n) is 2.96. The molecule has 1 N–H and O–H groups in total. The van der Waals surface area contributed by atoms with E-state index in [0.29, 0.717) is 10.6 Å². The van der Waals surface area contributed by atoms with E-state index in [1.807, 2.05) is 19.9 Å². The van der Waals surface area contributed by atoms with Crippen molar-refractivity contribution in [2.45, 2.75) is 36.6 Å². The van der Waals surface area contributed by atoms with Crippen LogP contribution in [0.25, 0.3) is 0 Å². The summed E-state index contributed by atoms with van der Waals surface area (Å²) >= 11 is 1.35. The zero-order chi connectivity index (χ0) is 14.5.